The molecule has 0 saturated heterocycles. The summed E-state index contributed by atoms with van der Waals surface area (Å²) in [6.07, 6.45) is 0.971. The Kier molecular flexibility index (Phi) is 9.30. The maximum atomic E-state index is 6.08. The third-order valence-corrected chi connectivity index (χ3v) is 8.53. The van der Waals surface area contributed by atoms with Crippen LogP contribution in [-0.2, 0) is 6.42 Å². The molecule has 0 aliphatic carbocycles. The van der Waals surface area contributed by atoms with Crippen molar-refractivity contribution in [3.8, 4) is 22.6 Å². The van der Waals surface area contributed by atoms with Crippen molar-refractivity contribution in [2.45, 2.75) is 34.1 Å². The molecule has 0 fully saturated rings. The minimum absolute atomic E-state index is 0.769. The van der Waals surface area contributed by atoms with Gasteiger partial charge in [0.05, 0.1) is 14.2 Å². The lowest BCUT2D eigenvalue weighted by Gasteiger charge is -2.28. The molecule has 6 rings (SSSR count). The fourth-order valence-electron chi connectivity index (χ4n) is 6.19. The van der Waals surface area contributed by atoms with Crippen molar-refractivity contribution in [3.63, 3.8) is 0 Å². The summed E-state index contributed by atoms with van der Waals surface area (Å²) >= 11 is 0. The van der Waals surface area contributed by atoms with Crippen LogP contribution in [0.3, 0.4) is 0 Å². The number of nitrogens with zero attached hydrogens (tertiary/aromatic N) is 2. The van der Waals surface area contributed by atoms with E-state index >= 15 is 0 Å². The van der Waals surface area contributed by atoms with E-state index in [1.807, 2.05) is 0 Å². The molecule has 6 aromatic carbocycles. The number of rotatable bonds is 10. The molecule has 236 valence electrons. The van der Waals surface area contributed by atoms with Crippen molar-refractivity contribution in [1.29, 1.82) is 0 Å². The van der Waals surface area contributed by atoms with Gasteiger partial charge in [-0.3, -0.25) is 0 Å². The molecule has 0 spiro atoms. The molecule has 4 nitrogen and oxygen atoms in total. The number of hydrogen-bond acceptors (Lipinski definition) is 4. The van der Waals surface area contributed by atoms with E-state index in [4.69, 9.17) is 9.47 Å². The average Bonchev–Trinajstić information content (AvgIpc) is 3.09. The predicted octanol–water partition coefficient (Wildman–Crippen LogP) is 11.8. The van der Waals surface area contributed by atoms with Crippen molar-refractivity contribution in [3.05, 3.63) is 156 Å². The Labute approximate surface area is 279 Å². The zero-order valence-corrected chi connectivity index (χ0v) is 28.1. The van der Waals surface area contributed by atoms with Gasteiger partial charge in [-0.25, -0.2) is 0 Å². The number of hydrogen-bond donors (Lipinski definition) is 0. The topological polar surface area (TPSA) is 24.9 Å². The van der Waals surface area contributed by atoms with E-state index in [-0.39, 0.29) is 0 Å². The molecule has 0 radical (unpaired) electrons. The first kappa shape index (κ1) is 31.5. The number of aryl methyl sites for hydroxylation is 4. The van der Waals surface area contributed by atoms with Crippen LogP contribution in [0.4, 0.5) is 34.1 Å². The Balaban J connectivity index is 1.45. The molecule has 0 bridgehead atoms. The molecule has 6 aromatic rings. The van der Waals surface area contributed by atoms with Gasteiger partial charge in [-0.15, -0.1) is 0 Å². The van der Waals surface area contributed by atoms with Gasteiger partial charge in [-0.05, 0) is 122 Å². The SMILES string of the molecule is CCc1cccc(N(c2cccc(C)c2)c2ccc(-c3ccc(N(c4cccc(C)c4)c4cccc(C)c4)cc3OC)c(OC)c2)c1. The first-order valence-electron chi connectivity index (χ1n) is 16.1. The summed E-state index contributed by atoms with van der Waals surface area (Å²) in [6, 6.07) is 47.3. The molecule has 0 N–H and O–H groups in total. The first-order valence-corrected chi connectivity index (χ1v) is 16.1. The molecule has 0 saturated carbocycles. The van der Waals surface area contributed by atoms with Crippen molar-refractivity contribution in [2.75, 3.05) is 24.0 Å². The molecule has 0 atom stereocenters. The van der Waals surface area contributed by atoms with Gasteiger partial charge < -0.3 is 19.3 Å². The smallest absolute Gasteiger partial charge is 0.128 e. The monoisotopic (exact) mass is 618 g/mol. The summed E-state index contributed by atoms with van der Waals surface area (Å²) < 4.78 is 12.2. The second-order valence-electron chi connectivity index (χ2n) is 12.0. The van der Waals surface area contributed by atoms with Crippen LogP contribution < -0.4 is 19.3 Å². The lowest BCUT2D eigenvalue weighted by atomic mass is 10.0. The highest BCUT2D eigenvalue weighted by atomic mass is 16.5. The Bertz CT molecular complexity index is 1970. The van der Waals surface area contributed by atoms with E-state index in [0.29, 0.717) is 0 Å². The average molecular weight is 619 g/mol. The maximum absolute atomic E-state index is 6.08. The fraction of sp³-hybridized carbons (Fsp3) is 0.163. The number of ether oxygens (including phenoxy) is 2. The van der Waals surface area contributed by atoms with Crippen LogP contribution in [0.2, 0.25) is 0 Å². The second-order valence-corrected chi connectivity index (χ2v) is 12.0. The maximum Gasteiger partial charge on any atom is 0.128 e. The highest BCUT2D eigenvalue weighted by Crippen LogP contribution is 2.45. The minimum Gasteiger partial charge on any atom is -0.496 e. The molecule has 0 aromatic heterocycles. The normalized spacial score (nSPS) is 10.9. The zero-order chi connectivity index (χ0) is 32.9. The molecular weight excluding hydrogens is 576 g/mol. The van der Waals surface area contributed by atoms with E-state index in [1.54, 1.807) is 14.2 Å². The summed E-state index contributed by atoms with van der Waals surface area (Å²) in [5.74, 6) is 1.54. The summed E-state index contributed by atoms with van der Waals surface area (Å²) in [7, 11) is 3.46. The van der Waals surface area contributed by atoms with Gasteiger partial charge in [0.25, 0.3) is 0 Å². The molecule has 0 aliphatic rings. The van der Waals surface area contributed by atoms with Crippen LogP contribution in [0.25, 0.3) is 11.1 Å². The molecule has 0 amide bonds. The number of benzene rings is 6. The lowest BCUT2D eigenvalue weighted by molar-refractivity contribution is 0.410. The van der Waals surface area contributed by atoms with Gasteiger partial charge >= 0.3 is 0 Å². The van der Waals surface area contributed by atoms with E-state index in [0.717, 1.165) is 63.2 Å². The Morgan fingerprint density at radius 1 is 0.426 bits per heavy atom. The number of methoxy groups -OCH3 is 2. The van der Waals surface area contributed by atoms with Crippen molar-refractivity contribution >= 4 is 34.1 Å². The third-order valence-electron chi connectivity index (χ3n) is 8.53. The molecular formula is C43H42N2O2. The number of anilines is 6. The van der Waals surface area contributed by atoms with Gasteiger partial charge in [0.2, 0.25) is 0 Å². The highest BCUT2D eigenvalue weighted by Gasteiger charge is 2.20. The standard InChI is InChI=1S/C43H42N2O2/c1-7-33-15-11-19-37(27-33)45(36-18-10-14-32(4)26-36)39-21-23-41(43(29-39)47-6)40-22-20-38(28-42(40)46-5)44(34-16-8-12-30(2)24-34)35-17-9-13-31(3)25-35/h8-29H,7H2,1-6H3. The molecule has 4 heteroatoms. The highest BCUT2D eigenvalue weighted by molar-refractivity contribution is 5.86. The largest absolute Gasteiger partial charge is 0.496 e. The van der Waals surface area contributed by atoms with Crippen LogP contribution >= 0.6 is 0 Å². The Morgan fingerprint density at radius 2 is 0.787 bits per heavy atom. The van der Waals surface area contributed by atoms with Gasteiger partial charge in [0.15, 0.2) is 0 Å². The molecule has 0 aliphatic heterocycles. The van der Waals surface area contributed by atoms with Crippen LogP contribution in [0.5, 0.6) is 11.5 Å². The quantitative estimate of drug-likeness (QED) is 0.152. The van der Waals surface area contributed by atoms with Crippen molar-refractivity contribution < 1.29 is 9.47 Å². The summed E-state index contributed by atoms with van der Waals surface area (Å²) in [5.41, 5.74) is 13.3. The summed E-state index contributed by atoms with van der Waals surface area (Å²) in [4.78, 5) is 4.57. The van der Waals surface area contributed by atoms with Gasteiger partial charge in [0.1, 0.15) is 11.5 Å². The summed E-state index contributed by atoms with van der Waals surface area (Å²) in [6.45, 7) is 8.56. The van der Waals surface area contributed by atoms with Gasteiger partial charge in [-0.1, -0.05) is 55.5 Å². The molecule has 0 unspecified atom stereocenters. The first-order chi connectivity index (χ1) is 22.9. The fourth-order valence-corrected chi connectivity index (χ4v) is 6.19. The van der Waals surface area contributed by atoms with Gasteiger partial charge in [-0.2, -0.15) is 0 Å². The summed E-state index contributed by atoms with van der Waals surface area (Å²) in [5, 5.41) is 0. The Hall–Kier alpha value is -5.48. The Morgan fingerprint density at radius 3 is 1.15 bits per heavy atom. The van der Waals surface area contributed by atoms with Crippen LogP contribution in [0.15, 0.2) is 133 Å². The third kappa shape index (κ3) is 6.73. The molecule has 47 heavy (non-hydrogen) atoms. The van der Waals surface area contributed by atoms with Crippen molar-refractivity contribution in [1.82, 2.24) is 0 Å². The van der Waals surface area contributed by atoms with E-state index in [1.165, 1.54) is 22.3 Å². The van der Waals surface area contributed by atoms with Crippen molar-refractivity contribution in [2.24, 2.45) is 0 Å². The lowest BCUT2D eigenvalue weighted by Crippen LogP contribution is -2.11. The zero-order valence-electron chi connectivity index (χ0n) is 28.1. The van der Waals surface area contributed by atoms with E-state index in [2.05, 4.69) is 171 Å². The molecule has 0 heterocycles. The van der Waals surface area contributed by atoms with Crippen LogP contribution in [0.1, 0.15) is 29.2 Å². The van der Waals surface area contributed by atoms with Gasteiger partial charge in [0, 0.05) is 57.4 Å². The van der Waals surface area contributed by atoms with E-state index in [9.17, 15) is 0 Å². The second kappa shape index (κ2) is 13.9. The van der Waals surface area contributed by atoms with Crippen LogP contribution in [-0.4, -0.2) is 14.2 Å². The van der Waals surface area contributed by atoms with Crippen LogP contribution in [0, 0.1) is 20.8 Å². The minimum atomic E-state index is 0.769. The predicted molar refractivity (Wildman–Crippen MR) is 198 cm³/mol. The van der Waals surface area contributed by atoms with E-state index < -0.39 is 0 Å².